The lowest BCUT2D eigenvalue weighted by atomic mass is 10.0. The van der Waals surface area contributed by atoms with E-state index in [9.17, 15) is 4.79 Å². The molecule has 1 saturated heterocycles. The van der Waals surface area contributed by atoms with Crippen molar-refractivity contribution >= 4 is 28.3 Å². The van der Waals surface area contributed by atoms with Crippen LogP contribution in [0.2, 0.25) is 5.02 Å². The van der Waals surface area contributed by atoms with Gasteiger partial charge in [0.25, 0.3) is 5.91 Å². The van der Waals surface area contributed by atoms with E-state index in [1.807, 2.05) is 25.1 Å². The minimum absolute atomic E-state index is 0.106. The Kier molecular flexibility index (Phi) is 4.80. The molecule has 23 heavy (non-hydrogen) atoms. The normalized spacial score (nSPS) is 17.2. The Bertz CT molecular complexity index is 727. The van der Waals surface area contributed by atoms with E-state index in [1.165, 1.54) is 0 Å². The van der Waals surface area contributed by atoms with E-state index in [0.717, 1.165) is 18.2 Å². The molecule has 5 nitrogen and oxygen atoms in total. The fourth-order valence-electron chi connectivity index (χ4n) is 2.78. The van der Waals surface area contributed by atoms with Crippen LogP contribution in [0.3, 0.4) is 0 Å². The molecular weight excluding hydrogens is 314 g/mol. The first-order valence-electron chi connectivity index (χ1n) is 7.79. The average Bonchev–Trinajstić information content (AvgIpc) is 2.55. The minimum Gasteiger partial charge on any atom is -0.381 e. The summed E-state index contributed by atoms with van der Waals surface area (Å²) in [5.74, 6) is -0.211. The Morgan fingerprint density at radius 3 is 2.87 bits per heavy atom. The van der Waals surface area contributed by atoms with Gasteiger partial charge in [0, 0.05) is 30.7 Å². The first kappa shape index (κ1) is 16.2. The highest BCUT2D eigenvalue weighted by Crippen LogP contribution is 2.28. The van der Waals surface area contributed by atoms with Gasteiger partial charge >= 0.3 is 0 Å². The summed E-state index contributed by atoms with van der Waals surface area (Å²) in [6.07, 6.45) is 1.62. The van der Waals surface area contributed by atoms with Crippen LogP contribution in [-0.2, 0) is 4.74 Å². The zero-order valence-electron chi connectivity index (χ0n) is 13.0. The number of ether oxygens (including phenoxy) is 1. The van der Waals surface area contributed by atoms with E-state index < -0.39 is 0 Å². The second-order valence-corrected chi connectivity index (χ2v) is 6.29. The predicted molar refractivity (Wildman–Crippen MR) is 90.7 cm³/mol. The van der Waals surface area contributed by atoms with E-state index in [0.29, 0.717) is 35.0 Å². The molecule has 1 aliphatic rings. The van der Waals surface area contributed by atoms with Gasteiger partial charge in [0.1, 0.15) is 5.69 Å². The lowest BCUT2D eigenvalue weighted by molar-refractivity contribution is 0.0695. The van der Waals surface area contributed by atoms with Gasteiger partial charge in [-0.25, -0.2) is 4.98 Å². The van der Waals surface area contributed by atoms with Crippen LogP contribution >= 0.6 is 11.6 Å². The zero-order chi connectivity index (χ0) is 16.4. The van der Waals surface area contributed by atoms with Crippen LogP contribution in [0.1, 0.15) is 42.0 Å². The molecule has 0 bridgehead atoms. The number of hydrogen-bond donors (Lipinski definition) is 2. The molecule has 122 valence electrons. The van der Waals surface area contributed by atoms with Crippen molar-refractivity contribution in [3.05, 3.63) is 40.7 Å². The molecule has 2 aromatic rings. The molecule has 1 aromatic heterocycles. The topological polar surface area (TPSA) is 77.2 Å². The van der Waals surface area contributed by atoms with Crippen LogP contribution < -0.4 is 11.1 Å². The Labute approximate surface area is 140 Å². The van der Waals surface area contributed by atoms with E-state index in [-0.39, 0.29) is 18.0 Å². The molecule has 0 spiro atoms. The van der Waals surface area contributed by atoms with E-state index in [1.54, 1.807) is 6.07 Å². The second kappa shape index (κ2) is 6.83. The summed E-state index contributed by atoms with van der Waals surface area (Å²) in [6.45, 7) is 3.18. The number of nitrogens with zero attached hydrogens (tertiary/aromatic N) is 1. The van der Waals surface area contributed by atoms with Crippen molar-refractivity contribution in [2.45, 2.75) is 31.8 Å². The molecule has 2 heterocycles. The van der Waals surface area contributed by atoms with Crippen LogP contribution in [0, 0.1) is 0 Å². The highest BCUT2D eigenvalue weighted by molar-refractivity contribution is 6.36. The first-order valence-corrected chi connectivity index (χ1v) is 8.17. The van der Waals surface area contributed by atoms with Gasteiger partial charge in [0.05, 0.1) is 10.7 Å². The summed E-state index contributed by atoms with van der Waals surface area (Å²) in [4.78, 5) is 17.2. The number of pyridine rings is 1. The van der Waals surface area contributed by atoms with Gasteiger partial charge in [-0.15, -0.1) is 0 Å². The SMILES string of the molecule is CC(N)c1cc2cccc(Cl)c2c(C(=O)NC2CCOCC2)n1. The van der Waals surface area contributed by atoms with Crippen molar-refractivity contribution in [3.8, 4) is 0 Å². The van der Waals surface area contributed by atoms with Crippen LogP contribution in [0.15, 0.2) is 24.3 Å². The van der Waals surface area contributed by atoms with Gasteiger partial charge in [-0.1, -0.05) is 23.7 Å². The predicted octanol–water partition coefficient (Wildman–Crippen LogP) is 2.82. The van der Waals surface area contributed by atoms with E-state index in [4.69, 9.17) is 22.1 Å². The number of nitrogens with one attached hydrogen (secondary N) is 1. The molecule has 3 rings (SSSR count). The lowest BCUT2D eigenvalue weighted by Gasteiger charge is -2.23. The molecule has 1 amide bonds. The van der Waals surface area contributed by atoms with Gasteiger partial charge < -0.3 is 15.8 Å². The summed E-state index contributed by atoms with van der Waals surface area (Å²) in [7, 11) is 0. The third-order valence-corrected chi connectivity index (χ3v) is 4.38. The monoisotopic (exact) mass is 333 g/mol. The summed E-state index contributed by atoms with van der Waals surface area (Å²) >= 11 is 6.31. The molecule has 3 N–H and O–H groups in total. The van der Waals surface area contributed by atoms with Crippen molar-refractivity contribution in [2.24, 2.45) is 5.73 Å². The van der Waals surface area contributed by atoms with Gasteiger partial charge in [-0.3, -0.25) is 4.79 Å². The smallest absolute Gasteiger partial charge is 0.270 e. The average molecular weight is 334 g/mol. The van der Waals surface area contributed by atoms with Gasteiger partial charge in [-0.2, -0.15) is 0 Å². The molecule has 1 aliphatic heterocycles. The summed E-state index contributed by atoms with van der Waals surface area (Å²) in [5.41, 5.74) is 6.97. The first-order chi connectivity index (χ1) is 11.1. The Hall–Kier alpha value is -1.69. The van der Waals surface area contributed by atoms with Crippen LogP contribution in [-0.4, -0.2) is 30.1 Å². The number of hydrogen-bond acceptors (Lipinski definition) is 4. The maximum absolute atomic E-state index is 12.7. The minimum atomic E-state index is -0.256. The Morgan fingerprint density at radius 2 is 2.17 bits per heavy atom. The molecule has 1 fully saturated rings. The lowest BCUT2D eigenvalue weighted by Crippen LogP contribution is -2.39. The van der Waals surface area contributed by atoms with Crippen molar-refractivity contribution in [2.75, 3.05) is 13.2 Å². The van der Waals surface area contributed by atoms with Gasteiger partial charge in [-0.05, 0) is 37.3 Å². The number of carbonyl (C=O) groups excluding carboxylic acids is 1. The maximum Gasteiger partial charge on any atom is 0.270 e. The molecule has 1 unspecified atom stereocenters. The van der Waals surface area contributed by atoms with E-state index >= 15 is 0 Å². The summed E-state index contributed by atoms with van der Waals surface area (Å²) in [6, 6.07) is 7.28. The van der Waals surface area contributed by atoms with Crippen molar-refractivity contribution in [1.29, 1.82) is 0 Å². The maximum atomic E-state index is 12.7. The number of benzene rings is 1. The molecular formula is C17H20ClN3O2. The van der Waals surface area contributed by atoms with Gasteiger partial charge in [0.2, 0.25) is 0 Å². The third-order valence-electron chi connectivity index (χ3n) is 4.07. The standard InChI is InChI=1S/C17H20ClN3O2/c1-10(19)14-9-11-3-2-4-13(18)15(11)16(21-14)17(22)20-12-5-7-23-8-6-12/h2-4,9-10,12H,5-8,19H2,1H3,(H,20,22). The molecule has 6 heteroatoms. The fourth-order valence-corrected chi connectivity index (χ4v) is 3.05. The highest BCUT2D eigenvalue weighted by Gasteiger charge is 2.21. The number of fused-ring (bicyclic) bond motifs is 1. The van der Waals surface area contributed by atoms with Crippen molar-refractivity contribution < 1.29 is 9.53 Å². The fraction of sp³-hybridized carbons (Fsp3) is 0.412. The Morgan fingerprint density at radius 1 is 1.43 bits per heavy atom. The number of rotatable bonds is 3. The summed E-state index contributed by atoms with van der Waals surface area (Å²) in [5, 5.41) is 5.10. The number of carbonyl (C=O) groups is 1. The molecule has 1 aromatic carbocycles. The quantitative estimate of drug-likeness (QED) is 0.905. The molecule has 0 saturated carbocycles. The number of amides is 1. The zero-order valence-corrected chi connectivity index (χ0v) is 13.8. The van der Waals surface area contributed by atoms with Crippen molar-refractivity contribution in [1.82, 2.24) is 10.3 Å². The van der Waals surface area contributed by atoms with Gasteiger partial charge in [0.15, 0.2) is 0 Å². The number of aromatic nitrogens is 1. The third kappa shape index (κ3) is 3.47. The molecule has 0 aliphatic carbocycles. The van der Waals surface area contributed by atoms with Crippen LogP contribution in [0.25, 0.3) is 10.8 Å². The second-order valence-electron chi connectivity index (χ2n) is 5.88. The summed E-state index contributed by atoms with van der Waals surface area (Å²) < 4.78 is 5.32. The highest BCUT2D eigenvalue weighted by atomic mass is 35.5. The van der Waals surface area contributed by atoms with E-state index in [2.05, 4.69) is 10.3 Å². The number of halogens is 1. The Balaban J connectivity index is 2.01. The molecule has 0 radical (unpaired) electrons. The molecule has 1 atom stereocenters. The van der Waals surface area contributed by atoms with Crippen LogP contribution in [0.5, 0.6) is 0 Å². The number of nitrogens with two attached hydrogens (primary N) is 1. The van der Waals surface area contributed by atoms with Crippen molar-refractivity contribution in [3.63, 3.8) is 0 Å². The van der Waals surface area contributed by atoms with Crippen LogP contribution in [0.4, 0.5) is 0 Å². The largest absolute Gasteiger partial charge is 0.381 e.